The van der Waals surface area contributed by atoms with Gasteiger partial charge in [-0.25, -0.2) is 4.79 Å². The summed E-state index contributed by atoms with van der Waals surface area (Å²) in [5, 5.41) is 0. The molecule has 0 radical (unpaired) electrons. The first kappa shape index (κ1) is 18.5. The Morgan fingerprint density at radius 3 is 2.86 bits per heavy atom. The third-order valence-corrected chi connectivity index (χ3v) is 5.32. The summed E-state index contributed by atoms with van der Waals surface area (Å²) in [4.78, 5) is 39.6. The molecule has 8 heteroatoms. The van der Waals surface area contributed by atoms with E-state index >= 15 is 0 Å². The van der Waals surface area contributed by atoms with E-state index < -0.39 is 16.9 Å². The van der Waals surface area contributed by atoms with Gasteiger partial charge in [-0.1, -0.05) is 18.2 Å². The lowest BCUT2D eigenvalue weighted by molar-refractivity contribution is -0.139. The van der Waals surface area contributed by atoms with Gasteiger partial charge >= 0.3 is 5.69 Å². The van der Waals surface area contributed by atoms with Gasteiger partial charge < -0.3 is 14.4 Å². The van der Waals surface area contributed by atoms with Gasteiger partial charge in [-0.2, -0.15) is 0 Å². The molecule has 1 aromatic heterocycles. The second-order valence-electron chi connectivity index (χ2n) is 7.41. The number of para-hydroxylation sites is 1. The summed E-state index contributed by atoms with van der Waals surface area (Å²) in [5.74, 6) is 0.651. The SMILES string of the molecule is O=C(Cn1ccc(=O)[nH]c1=O)N1CCC[C@@]2(C[C@@H](Oc3ccccc3)CO2)C1. The molecule has 1 spiro atoms. The normalized spacial score (nSPS) is 24.4. The van der Waals surface area contributed by atoms with Crippen LogP contribution >= 0.6 is 0 Å². The number of aromatic amines is 1. The molecule has 2 aliphatic heterocycles. The first-order valence-corrected chi connectivity index (χ1v) is 9.46. The van der Waals surface area contributed by atoms with Crippen molar-refractivity contribution in [1.82, 2.24) is 14.5 Å². The van der Waals surface area contributed by atoms with Gasteiger partial charge in [0.2, 0.25) is 5.91 Å². The quantitative estimate of drug-likeness (QED) is 0.839. The molecule has 8 nitrogen and oxygen atoms in total. The molecule has 2 atom stereocenters. The van der Waals surface area contributed by atoms with Crippen molar-refractivity contribution in [2.75, 3.05) is 19.7 Å². The van der Waals surface area contributed by atoms with Crippen molar-refractivity contribution in [2.24, 2.45) is 0 Å². The van der Waals surface area contributed by atoms with E-state index in [9.17, 15) is 14.4 Å². The number of carbonyl (C=O) groups excluding carboxylic acids is 1. The van der Waals surface area contributed by atoms with Crippen LogP contribution in [0.2, 0.25) is 0 Å². The van der Waals surface area contributed by atoms with Gasteiger partial charge in [0.15, 0.2) is 0 Å². The number of aromatic nitrogens is 2. The first-order chi connectivity index (χ1) is 13.5. The van der Waals surface area contributed by atoms with Crippen molar-refractivity contribution in [3.63, 3.8) is 0 Å². The number of ether oxygens (including phenoxy) is 2. The molecule has 0 aliphatic carbocycles. The minimum absolute atomic E-state index is 0.0423. The zero-order valence-corrected chi connectivity index (χ0v) is 15.5. The molecule has 4 rings (SSSR count). The lowest BCUT2D eigenvalue weighted by Crippen LogP contribution is -2.51. The van der Waals surface area contributed by atoms with E-state index in [1.54, 1.807) is 4.90 Å². The fourth-order valence-corrected chi connectivity index (χ4v) is 3.98. The van der Waals surface area contributed by atoms with E-state index in [0.717, 1.165) is 25.0 Å². The number of carbonyl (C=O) groups is 1. The smallest absolute Gasteiger partial charge is 0.328 e. The number of rotatable bonds is 4. The Morgan fingerprint density at radius 2 is 2.07 bits per heavy atom. The Morgan fingerprint density at radius 1 is 1.25 bits per heavy atom. The maximum Gasteiger partial charge on any atom is 0.328 e. The van der Waals surface area contributed by atoms with E-state index in [1.165, 1.54) is 16.8 Å². The van der Waals surface area contributed by atoms with Crippen LogP contribution in [0.4, 0.5) is 0 Å². The standard InChI is InChI=1S/C20H23N3O5/c24-17-7-10-22(19(26)21-17)12-18(25)23-9-4-8-20(14-23)11-16(13-27-20)28-15-5-2-1-3-6-15/h1-3,5-7,10,16H,4,8-9,11-14H2,(H,21,24,26)/t16-,20-/m1/s1. The fraction of sp³-hybridized carbons (Fsp3) is 0.450. The highest BCUT2D eigenvalue weighted by Crippen LogP contribution is 2.36. The number of benzene rings is 1. The summed E-state index contributed by atoms with van der Waals surface area (Å²) < 4.78 is 13.3. The number of nitrogens with zero attached hydrogens (tertiary/aromatic N) is 2. The topological polar surface area (TPSA) is 93.6 Å². The molecule has 0 unspecified atom stereocenters. The van der Waals surface area contributed by atoms with Crippen LogP contribution < -0.4 is 16.0 Å². The molecular formula is C20H23N3O5. The van der Waals surface area contributed by atoms with Gasteiger partial charge in [0.1, 0.15) is 18.4 Å². The third-order valence-electron chi connectivity index (χ3n) is 5.32. The molecular weight excluding hydrogens is 362 g/mol. The number of likely N-dealkylation sites (tertiary alicyclic amines) is 1. The van der Waals surface area contributed by atoms with Crippen LogP contribution in [0.5, 0.6) is 5.75 Å². The number of piperidine rings is 1. The van der Waals surface area contributed by atoms with Gasteiger partial charge in [0.05, 0.1) is 12.2 Å². The van der Waals surface area contributed by atoms with Gasteiger partial charge in [-0.3, -0.25) is 19.1 Å². The van der Waals surface area contributed by atoms with Gasteiger partial charge in [0.25, 0.3) is 5.56 Å². The highest BCUT2D eigenvalue weighted by atomic mass is 16.6. The molecule has 1 N–H and O–H groups in total. The minimum atomic E-state index is -0.582. The summed E-state index contributed by atoms with van der Waals surface area (Å²) in [6.07, 6.45) is 3.74. The molecule has 0 bridgehead atoms. The van der Waals surface area contributed by atoms with Crippen molar-refractivity contribution in [2.45, 2.75) is 37.5 Å². The first-order valence-electron chi connectivity index (χ1n) is 9.46. The number of amides is 1. The van der Waals surface area contributed by atoms with Crippen LogP contribution in [0.25, 0.3) is 0 Å². The lowest BCUT2D eigenvalue weighted by atomic mass is 9.89. The monoisotopic (exact) mass is 385 g/mol. The Balaban J connectivity index is 1.39. The molecule has 1 amide bonds. The van der Waals surface area contributed by atoms with E-state index in [4.69, 9.17) is 9.47 Å². The Bertz CT molecular complexity index is 954. The van der Waals surface area contributed by atoms with Crippen molar-refractivity contribution >= 4 is 5.91 Å². The van der Waals surface area contributed by atoms with Crippen LogP contribution in [0, 0.1) is 0 Å². The molecule has 2 aliphatic rings. The van der Waals surface area contributed by atoms with Crippen molar-refractivity contribution in [3.05, 3.63) is 63.4 Å². The average molecular weight is 385 g/mol. The Labute approximate surface area is 161 Å². The van der Waals surface area contributed by atoms with Crippen molar-refractivity contribution in [3.8, 4) is 5.75 Å². The molecule has 148 valence electrons. The predicted octanol–water partition coefficient (Wildman–Crippen LogP) is 0.766. The minimum Gasteiger partial charge on any atom is -0.488 e. The van der Waals surface area contributed by atoms with Crippen LogP contribution in [0.15, 0.2) is 52.2 Å². The Hall–Kier alpha value is -2.87. The molecule has 0 saturated carbocycles. The second kappa shape index (κ2) is 7.63. The summed E-state index contributed by atoms with van der Waals surface area (Å²) in [5.41, 5.74) is -1.46. The summed E-state index contributed by atoms with van der Waals surface area (Å²) in [6.45, 7) is 1.51. The van der Waals surface area contributed by atoms with Crippen molar-refractivity contribution < 1.29 is 14.3 Å². The zero-order valence-electron chi connectivity index (χ0n) is 15.5. The molecule has 2 saturated heterocycles. The predicted molar refractivity (Wildman–Crippen MR) is 101 cm³/mol. The van der Waals surface area contributed by atoms with E-state index in [-0.39, 0.29) is 18.6 Å². The maximum absolute atomic E-state index is 12.7. The second-order valence-corrected chi connectivity index (χ2v) is 7.41. The van der Waals surface area contributed by atoms with Crippen LogP contribution in [0.1, 0.15) is 19.3 Å². The van der Waals surface area contributed by atoms with Crippen LogP contribution in [0.3, 0.4) is 0 Å². The molecule has 2 fully saturated rings. The third kappa shape index (κ3) is 4.01. The van der Waals surface area contributed by atoms with Crippen molar-refractivity contribution in [1.29, 1.82) is 0 Å². The highest BCUT2D eigenvalue weighted by molar-refractivity contribution is 5.76. The fourth-order valence-electron chi connectivity index (χ4n) is 3.98. The number of H-pyrrole nitrogens is 1. The summed E-state index contributed by atoms with van der Waals surface area (Å²) in [6, 6.07) is 10.9. The van der Waals surface area contributed by atoms with Gasteiger partial charge in [-0.15, -0.1) is 0 Å². The largest absolute Gasteiger partial charge is 0.488 e. The number of hydrogen-bond acceptors (Lipinski definition) is 5. The average Bonchev–Trinajstić information content (AvgIpc) is 3.06. The van der Waals surface area contributed by atoms with E-state index in [2.05, 4.69) is 4.98 Å². The van der Waals surface area contributed by atoms with Gasteiger partial charge in [-0.05, 0) is 25.0 Å². The maximum atomic E-state index is 12.7. The summed E-state index contributed by atoms with van der Waals surface area (Å²) >= 11 is 0. The van der Waals surface area contributed by atoms with E-state index in [0.29, 0.717) is 19.7 Å². The number of nitrogens with one attached hydrogen (secondary N) is 1. The van der Waals surface area contributed by atoms with Crippen LogP contribution in [-0.4, -0.2) is 51.8 Å². The number of hydrogen-bond donors (Lipinski definition) is 1. The molecule has 3 heterocycles. The van der Waals surface area contributed by atoms with Crippen LogP contribution in [-0.2, 0) is 16.1 Å². The molecule has 28 heavy (non-hydrogen) atoms. The Kier molecular flexibility index (Phi) is 5.04. The summed E-state index contributed by atoms with van der Waals surface area (Å²) in [7, 11) is 0. The van der Waals surface area contributed by atoms with E-state index in [1.807, 2.05) is 30.3 Å². The molecule has 2 aromatic rings. The molecule has 1 aromatic carbocycles. The van der Waals surface area contributed by atoms with Gasteiger partial charge in [0, 0.05) is 31.8 Å². The highest BCUT2D eigenvalue weighted by Gasteiger charge is 2.45. The zero-order chi connectivity index (χ0) is 19.6. The lowest BCUT2D eigenvalue weighted by Gasteiger charge is -2.39.